The Morgan fingerprint density at radius 1 is 1.45 bits per heavy atom. The zero-order valence-electron chi connectivity index (χ0n) is 11.7. The Morgan fingerprint density at radius 2 is 2.25 bits per heavy atom. The first kappa shape index (κ1) is 14.2. The molecule has 108 valence electrons. The summed E-state index contributed by atoms with van der Waals surface area (Å²) in [5, 5.41) is 19.9. The summed E-state index contributed by atoms with van der Waals surface area (Å²) in [4.78, 5) is 15.3. The monoisotopic (exact) mass is 277 g/mol. The number of carboxylic acids is 1. The largest absolute Gasteiger partial charge is 0.480 e. The van der Waals surface area contributed by atoms with Crippen LogP contribution in [0.5, 0.6) is 0 Å². The summed E-state index contributed by atoms with van der Waals surface area (Å²) >= 11 is 0. The van der Waals surface area contributed by atoms with Crippen molar-refractivity contribution in [2.24, 2.45) is 5.92 Å². The first-order valence-corrected chi connectivity index (χ1v) is 6.66. The van der Waals surface area contributed by atoms with Crippen molar-refractivity contribution in [3.63, 3.8) is 0 Å². The molecule has 2 heterocycles. The second-order valence-corrected chi connectivity index (χ2v) is 5.20. The minimum atomic E-state index is -0.907. The number of H-pyrrole nitrogens is 1. The lowest BCUT2D eigenvalue weighted by molar-refractivity contribution is -0.137. The Morgan fingerprint density at radius 3 is 2.85 bits per heavy atom. The second-order valence-electron chi connectivity index (χ2n) is 5.20. The molecule has 0 spiro atoms. The zero-order valence-corrected chi connectivity index (χ0v) is 11.7. The quantitative estimate of drug-likeness (QED) is 0.789. The predicted octanol–water partition coefficient (Wildman–Crippen LogP) is 1.07. The fraction of sp³-hybridized carbons (Fsp3) is 0.538. The number of aryl methyl sites for hydroxylation is 2. The van der Waals surface area contributed by atoms with Crippen molar-refractivity contribution >= 4 is 5.97 Å². The summed E-state index contributed by atoms with van der Waals surface area (Å²) in [7, 11) is 0. The molecule has 0 aliphatic heterocycles. The molecule has 0 aliphatic carbocycles. The van der Waals surface area contributed by atoms with Gasteiger partial charge in [-0.05, 0) is 17.9 Å². The van der Waals surface area contributed by atoms with E-state index < -0.39 is 5.97 Å². The molecule has 0 unspecified atom stereocenters. The van der Waals surface area contributed by atoms with Crippen molar-refractivity contribution in [2.75, 3.05) is 0 Å². The van der Waals surface area contributed by atoms with Gasteiger partial charge in [-0.1, -0.05) is 13.8 Å². The van der Waals surface area contributed by atoms with E-state index in [9.17, 15) is 4.79 Å². The Bertz CT molecular complexity index is 559. The van der Waals surface area contributed by atoms with Crippen LogP contribution in [-0.4, -0.2) is 36.0 Å². The van der Waals surface area contributed by atoms with E-state index in [-0.39, 0.29) is 6.54 Å². The normalized spacial score (nSPS) is 11.2. The summed E-state index contributed by atoms with van der Waals surface area (Å²) in [6, 6.07) is 0. The van der Waals surface area contributed by atoms with Gasteiger partial charge in [0.2, 0.25) is 0 Å². The lowest BCUT2D eigenvalue weighted by Gasteiger charge is -2.01. The Balaban J connectivity index is 2.11. The highest BCUT2D eigenvalue weighted by atomic mass is 16.4. The smallest absolute Gasteiger partial charge is 0.325 e. The van der Waals surface area contributed by atoms with Crippen molar-refractivity contribution < 1.29 is 9.90 Å². The van der Waals surface area contributed by atoms with Crippen molar-refractivity contribution in [1.29, 1.82) is 0 Å². The van der Waals surface area contributed by atoms with Crippen molar-refractivity contribution in [3.8, 4) is 0 Å². The number of aromatic nitrogens is 5. The Labute approximate surface area is 117 Å². The average Bonchev–Trinajstić information content (AvgIpc) is 2.95. The van der Waals surface area contributed by atoms with Gasteiger partial charge in [-0.2, -0.15) is 10.2 Å². The molecule has 0 saturated carbocycles. The van der Waals surface area contributed by atoms with Crippen molar-refractivity contribution in [2.45, 2.75) is 39.7 Å². The number of nitrogens with zero attached hydrogens (tertiary/aromatic N) is 4. The molecule has 2 N–H and O–H groups in total. The van der Waals surface area contributed by atoms with Gasteiger partial charge in [0.05, 0.1) is 6.20 Å². The number of nitrogens with one attached hydrogen (secondary N) is 1. The summed E-state index contributed by atoms with van der Waals surface area (Å²) in [5.74, 6) is 0.959. The zero-order chi connectivity index (χ0) is 14.5. The first-order valence-electron chi connectivity index (χ1n) is 6.66. The van der Waals surface area contributed by atoms with Crippen LogP contribution in [0.4, 0.5) is 0 Å². The van der Waals surface area contributed by atoms with Crippen molar-refractivity contribution in [3.05, 3.63) is 29.6 Å². The molecule has 2 aromatic rings. The molecule has 7 heteroatoms. The van der Waals surface area contributed by atoms with Gasteiger partial charge in [0.15, 0.2) is 5.82 Å². The molecule has 2 rings (SSSR count). The van der Waals surface area contributed by atoms with Gasteiger partial charge < -0.3 is 5.11 Å². The molecular formula is C13H19N5O2. The van der Waals surface area contributed by atoms with Crippen LogP contribution in [0.2, 0.25) is 0 Å². The Hall–Kier alpha value is -2.18. The summed E-state index contributed by atoms with van der Waals surface area (Å²) in [5.41, 5.74) is 1.07. The molecule has 0 aliphatic rings. The highest BCUT2D eigenvalue weighted by molar-refractivity contribution is 5.66. The Kier molecular flexibility index (Phi) is 4.49. The number of hydrogen-bond donors (Lipinski definition) is 2. The van der Waals surface area contributed by atoms with E-state index in [2.05, 4.69) is 34.1 Å². The molecule has 0 amide bonds. The molecule has 0 saturated heterocycles. The lowest BCUT2D eigenvalue weighted by atomic mass is 10.1. The number of aliphatic carboxylic acids is 1. The van der Waals surface area contributed by atoms with E-state index in [1.807, 2.05) is 6.20 Å². The molecule has 20 heavy (non-hydrogen) atoms. The van der Waals surface area contributed by atoms with Crippen LogP contribution in [0.1, 0.15) is 31.1 Å². The fourth-order valence-corrected chi connectivity index (χ4v) is 1.99. The van der Waals surface area contributed by atoms with E-state index in [0.717, 1.165) is 18.4 Å². The van der Waals surface area contributed by atoms with Gasteiger partial charge >= 0.3 is 5.97 Å². The maximum absolute atomic E-state index is 10.9. The molecular weight excluding hydrogens is 258 g/mol. The number of hydrogen-bond acceptors (Lipinski definition) is 4. The summed E-state index contributed by atoms with van der Waals surface area (Å²) < 4.78 is 1.49. The minimum Gasteiger partial charge on any atom is -0.480 e. The van der Waals surface area contributed by atoms with Crippen molar-refractivity contribution in [1.82, 2.24) is 25.0 Å². The highest BCUT2D eigenvalue weighted by Crippen LogP contribution is 2.08. The standard InChI is InChI=1S/C13H19N5O2/c1-9(2)5-11-16-12(18(17-11)8-13(19)20)4-3-10-6-14-15-7-10/h6-7,9H,3-5,8H2,1-2H3,(H,14,15)(H,19,20). The topological polar surface area (TPSA) is 96.7 Å². The van der Waals surface area contributed by atoms with Gasteiger partial charge in [-0.15, -0.1) is 0 Å². The van der Waals surface area contributed by atoms with E-state index in [4.69, 9.17) is 5.11 Å². The first-order chi connectivity index (χ1) is 9.54. The van der Waals surface area contributed by atoms with E-state index in [1.165, 1.54) is 4.68 Å². The van der Waals surface area contributed by atoms with Crippen LogP contribution in [0.3, 0.4) is 0 Å². The highest BCUT2D eigenvalue weighted by Gasteiger charge is 2.13. The maximum atomic E-state index is 10.9. The number of carbonyl (C=O) groups is 1. The van der Waals surface area contributed by atoms with Crippen LogP contribution in [-0.2, 0) is 30.6 Å². The number of rotatable bonds is 7. The van der Waals surface area contributed by atoms with Crippen LogP contribution in [0, 0.1) is 5.92 Å². The third-order valence-electron chi connectivity index (χ3n) is 2.86. The lowest BCUT2D eigenvalue weighted by Crippen LogP contribution is -2.14. The number of carboxylic acid groups (broad SMARTS) is 1. The van der Waals surface area contributed by atoms with Crippen LogP contribution >= 0.6 is 0 Å². The molecule has 0 radical (unpaired) electrons. The van der Waals surface area contributed by atoms with Crippen LogP contribution < -0.4 is 0 Å². The molecule has 7 nitrogen and oxygen atoms in total. The second kappa shape index (κ2) is 6.31. The van der Waals surface area contributed by atoms with E-state index in [0.29, 0.717) is 24.0 Å². The summed E-state index contributed by atoms with van der Waals surface area (Å²) in [6.07, 6.45) is 5.75. The average molecular weight is 277 g/mol. The van der Waals surface area contributed by atoms with Gasteiger partial charge in [-0.25, -0.2) is 9.67 Å². The third-order valence-corrected chi connectivity index (χ3v) is 2.86. The van der Waals surface area contributed by atoms with Gasteiger partial charge in [-0.3, -0.25) is 9.89 Å². The minimum absolute atomic E-state index is 0.147. The molecule has 2 aromatic heterocycles. The van der Waals surface area contributed by atoms with Crippen LogP contribution in [0.25, 0.3) is 0 Å². The van der Waals surface area contributed by atoms with Crippen LogP contribution in [0.15, 0.2) is 12.4 Å². The molecule has 0 bridgehead atoms. The molecule has 0 atom stereocenters. The van der Waals surface area contributed by atoms with Gasteiger partial charge in [0.1, 0.15) is 12.4 Å². The predicted molar refractivity (Wildman–Crippen MR) is 72.2 cm³/mol. The third kappa shape index (κ3) is 3.91. The SMILES string of the molecule is CC(C)Cc1nc(CCc2cn[nH]c2)n(CC(=O)O)n1. The van der Waals surface area contributed by atoms with Gasteiger partial charge in [0.25, 0.3) is 0 Å². The van der Waals surface area contributed by atoms with Gasteiger partial charge in [0, 0.05) is 19.0 Å². The van der Waals surface area contributed by atoms with E-state index >= 15 is 0 Å². The maximum Gasteiger partial charge on any atom is 0.325 e. The molecule has 0 aromatic carbocycles. The van der Waals surface area contributed by atoms with E-state index in [1.54, 1.807) is 6.20 Å². The fourth-order valence-electron chi connectivity index (χ4n) is 1.99. The summed E-state index contributed by atoms with van der Waals surface area (Å²) in [6.45, 7) is 4.03. The molecule has 0 fully saturated rings. The number of aromatic amines is 1.